The van der Waals surface area contributed by atoms with Gasteiger partial charge >= 0.3 is 0 Å². The van der Waals surface area contributed by atoms with E-state index >= 15 is 0 Å². The van der Waals surface area contributed by atoms with Crippen LogP contribution in [0.3, 0.4) is 0 Å². The molecule has 116 valence electrons. The molecule has 0 fully saturated rings. The van der Waals surface area contributed by atoms with Gasteiger partial charge in [0.1, 0.15) is 17.3 Å². The predicted octanol–water partition coefficient (Wildman–Crippen LogP) is 3.90. The third kappa shape index (κ3) is 2.65. The van der Waals surface area contributed by atoms with Crippen LogP contribution >= 0.6 is 0 Å². The Kier molecular flexibility index (Phi) is 3.78. The van der Waals surface area contributed by atoms with Crippen LogP contribution in [0, 0.1) is 11.6 Å². The number of aryl methyl sites for hydroxylation is 1. The van der Waals surface area contributed by atoms with Crippen molar-refractivity contribution in [2.45, 2.75) is 13.3 Å². The molecule has 0 unspecified atom stereocenters. The number of anilines is 1. The summed E-state index contributed by atoms with van der Waals surface area (Å²) >= 11 is 0. The largest absolute Gasteiger partial charge is 0.347 e. The highest BCUT2D eigenvalue weighted by Crippen LogP contribution is 2.26. The Hall–Kier alpha value is -2.82. The van der Waals surface area contributed by atoms with Crippen molar-refractivity contribution in [3.8, 4) is 0 Å². The molecule has 3 nitrogen and oxygen atoms in total. The fraction of sp³-hybridized carbons (Fsp3) is 0.111. The van der Waals surface area contributed by atoms with Gasteiger partial charge in [-0.2, -0.15) is 0 Å². The molecule has 0 atom stereocenters. The highest BCUT2D eigenvalue weighted by molar-refractivity contribution is 6.25. The lowest BCUT2D eigenvalue weighted by Crippen LogP contribution is -2.22. The zero-order valence-corrected chi connectivity index (χ0v) is 12.3. The molecule has 2 aromatic carbocycles. The van der Waals surface area contributed by atoms with Gasteiger partial charge in [0.25, 0.3) is 0 Å². The summed E-state index contributed by atoms with van der Waals surface area (Å²) in [6.07, 6.45) is 1.55. The van der Waals surface area contributed by atoms with Gasteiger partial charge in [0, 0.05) is 17.2 Å². The van der Waals surface area contributed by atoms with Crippen molar-refractivity contribution in [2.75, 3.05) is 5.32 Å². The standard InChI is InChI=1S/C18H13F2NO2/c1-2-10-7-13(19)17(14(20)8-10)21-15-9-16(22)11-5-3-4-6-12(11)18(15)23/h3-9,21H,2H2,1H3. The minimum atomic E-state index is -0.804. The number of carbonyl (C=O) groups is 2. The van der Waals surface area contributed by atoms with E-state index in [1.165, 1.54) is 18.2 Å². The Balaban J connectivity index is 1.99. The van der Waals surface area contributed by atoms with E-state index in [-0.39, 0.29) is 22.6 Å². The molecule has 0 saturated carbocycles. The van der Waals surface area contributed by atoms with Crippen molar-refractivity contribution in [3.63, 3.8) is 0 Å². The molecular formula is C18H13F2NO2. The molecule has 0 bridgehead atoms. The summed E-state index contributed by atoms with van der Waals surface area (Å²) in [7, 11) is 0. The Morgan fingerprint density at radius 2 is 1.61 bits per heavy atom. The number of hydrogen-bond donors (Lipinski definition) is 1. The predicted molar refractivity (Wildman–Crippen MR) is 82.5 cm³/mol. The Morgan fingerprint density at radius 3 is 2.22 bits per heavy atom. The number of allylic oxidation sites excluding steroid dienone is 2. The average Bonchev–Trinajstić information content (AvgIpc) is 2.55. The summed E-state index contributed by atoms with van der Waals surface area (Å²) < 4.78 is 28.1. The van der Waals surface area contributed by atoms with Gasteiger partial charge < -0.3 is 5.32 Å². The van der Waals surface area contributed by atoms with E-state index in [4.69, 9.17) is 0 Å². The van der Waals surface area contributed by atoms with Gasteiger partial charge in [-0.25, -0.2) is 8.78 Å². The number of hydrogen-bond acceptors (Lipinski definition) is 3. The van der Waals surface area contributed by atoms with Crippen LogP contribution in [0.2, 0.25) is 0 Å². The molecule has 23 heavy (non-hydrogen) atoms. The molecule has 0 spiro atoms. The van der Waals surface area contributed by atoms with E-state index in [0.29, 0.717) is 12.0 Å². The summed E-state index contributed by atoms with van der Waals surface area (Å²) in [5.74, 6) is -2.46. The number of benzene rings is 2. The number of carbonyl (C=O) groups excluding carboxylic acids is 2. The summed E-state index contributed by atoms with van der Waals surface area (Å²) in [5, 5.41) is 2.43. The molecule has 0 saturated heterocycles. The van der Waals surface area contributed by atoms with Crippen molar-refractivity contribution in [1.82, 2.24) is 0 Å². The molecule has 0 heterocycles. The van der Waals surface area contributed by atoms with Crippen molar-refractivity contribution in [1.29, 1.82) is 0 Å². The number of ketones is 2. The minimum absolute atomic E-state index is 0.143. The normalized spacial score (nSPS) is 13.6. The first-order valence-electron chi connectivity index (χ1n) is 7.16. The SMILES string of the molecule is CCc1cc(F)c(NC2=CC(=O)c3ccccc3C2=O)c(F)c1. The number of rotatable bonds is 3. The highest BCUT2D eigenvalue weighted by atomic mass is 19.1. The van der Waals surface area contributed by atoms with E-state index in [1.807, 2.05) is 0 Å². The molecule has 0 aromatic heterocycles. The van der Waals surface area contributed by atoms with E-state index in [9.17, 15) is 18.4 Å². The third-order valence-electron chi connectivity index (χ3n) is 3.73. The van der Waals surface area contributed by atoms with E-state index in [0.717, 1.165) is 6.08 Å². The number of nitrogens with one attached hydrogen (secondary N) is 1. The smallest absolute Gasteiger partial charge is 0.210 e. The minimum Gasteiger partial charge on any atom is -0.347 e. The maximum absolute atomic E-state index is 14.0. The van der Waals surface area contributed by atoms with Gasteiger partial charge in [-0.15, -0.1) is 0 Å². The van der Waals surface area contributed by atoms with Crippen LogP contribution in [0.5, 0.6) is 0 Å². The lowest BCUT2D eigenvalue weighted by molar-refractivity contribution is 0.0985. The van der Waals surface area contributed by atoms with Gasteiger partial charge in [-0.05, 0) is 24.1 Å². The molecule has 0 amide bonds. The van der Waals surface area contributed by atoms with Crippen LogP contribution in [-0.4, -0.2) is 11.6 Å². The quantitative estimate of drug-likeness (QED) is 0.934. The second-order valence-corrected chi connectivity index (χ2v) is 5.21. The topological polar surface area (TPSA) is 46.2 Å². The molecule has 1 N–H and O–H groups in total. The van der Waals surface area contributed by atoms with E-state index in [1.54, 1.807) is 25.1 Å². The molecule has 3 rings (SSSR count). The van der Waals surface area contributed by atoms with Crippen LogP contribution < -0.4 is 5.32 Å². The zero-order chi connectivity index (χ0) is 16.6. The maximum Gasteiger partial charge on any atom is 0.210 e. The first-order valence-corrected chi connectivity index (χ1v) is 7.16. The van der Waals surface area contributed by atoms with Gasteiger partial charge in [0.05, 0.1) is 5.70 Å². The van der Waals surface area contributed by atoms with E-state index in [2.05, 4.69) is 5.32 Å². The molecule has 0 radical (unpaired) electrons. The first-order chi connectivity index (χ1) is 11.0. The first kappa shape index (κ1) is 15.1. The fourth-order valence-electron chi connectivity index (χ4n) is 2.49. The Bertz CT molecular complexity index is 833. The average molecular weight is 313 g/mol. The number of fused-ring (bicyclic) bond motifs is 1. The van der Waals surface area contributed by atoms with Crippen molar-refractivity contribution in [3.05, 3.63) is 76.5 Å². The molecular weight excluding hydrogens is 300 g/mol. The second-order valence-electron chi connectivity index (χ2n) is 5.21. The molecule has 1 aliphatic carbocycles. The van der Waals surface area contributed by atoms with Gasteiger partial charge in [0.2, 0.25) is 5.78 Å². The van der Waals surface area contributed by atoms with E-state index < -0.39 is 23.1 Å². The number of halogens is 2. The second kappa shape index (κ2) is 5.76. The Labute approximate surface area is 131 Å². The lowest BCUT2D eigenvalue weighted by Gasteiger charge is -2.17. The molecule has 5 heteroatoms. The number of Topliss-reactive ketones (excluding diaryl/α,β-unsaturated/α-hetero) is 1. The van der Waals surface area contributed by atoms with Crippen LogP contribution in [0.15, 0.2) is 48.2 Å². The van der Waals surface area contributed by atoms with Crippen LogP contribution in [0.4, 0.5) is 14.5 Å². The zero-order valence-electron chi connectivity index (χ0n) is 12.3. The van der Waals surface area contributed by atoms with Gasteiger partial charge in [-0.3, -0.25) is 9.59 Å². The van der Waals surface area contributed by atoms with Crippen LogP contribution in [-0.2, 0) is 6.42 Å². The summed E-state index contributed by atoms with van der Waals surface area (Å²) in [5.41, 5.74) is 0.430. The molecule has 1 aliphatic rings. The van der Waals surface area contributed by atoms with Crippen molar-refractivity contribution >= 4 is 17.3 Å². The summed E-state index contributed by atoms with van der Waals surface area (Å²) in [6, 6.07) is 8.74. The molecule has 0 aliphatic heterocycles. The van der Waals surface area contributed by atoms with Crippen molar-refractivity contribution < 1.29 is 18.4 Å². The van der Waals surface area contributed by atoms with Crippen molar-refractivity contribution in [2.24, 2.45) is 0 Å². The van der Waals surface area contributed by atoms with Gasteiger partial charge in [0.15, 0.2) is 5.78 Å². The summed E-state index contributed by atoms with van der Waals surface area (Å²) in [4.78, 5) is 24.4. The highest BCUT2D eigenvalue weighted by Gasteiger charge is 2.26. The third-order valence-corrected chi connectivity index (χ3v) is 3.73. The van der Waals surface area contributed by atoms with Gasteiger partial charge in [-0.1, -0.05) is 31.2 Å². The maximum atomic E-state index is 14.0. The van der Waals surface area contributed by atoms with Crippen LogP contribution in [0.1, 0.15) is 33.2 Å². The summed E-state index contributed by atoms with van der Waals surface area (Å²) in [6.45, 7) is 1.78. The monoisotopic (exact) mass is 313 g/mol. The fourth-order valence-corrected chi connectivity index (χ4v) is 2.49. The Morgan fingerprint density at radius 1 is 1.00 bits per heavy atom. The molecule has 2 aromatic rings. The van der Waals surface area contributed by atoms with Crippen LogP contribution in [0.25, 0.3) is 0 Å². The lowest BCUT2D eigenvalue weighted by atomic mass is 9.92.